The lowest BCUT2D eigenvalue weighted by atomic mass is 9.92. The maximum absolute atomic E-state index is 16.9. The molecule has 2 saturated heterocycles. The van der Waals surface area contributed by atoms with Crippen molar-refractivity contribution < 1.29 is 41.0 Å². The minimum Gasteiger partial charge on any atom is -0.444 e. The summed E-state index contributed by atoms with van der Waals surface area (Å²) in [6, 6.07) is 3.85. The number of carbonyl (C=O) groups is 2. The number of nitrogens with zero attached hydrogens (tertiary/aromatic N) is 5. The van der Waals surface area contributed by atoms with E-state index in [9.17, 15) is 14.9 Å². The average molecular weight is 731 g/mol. The van der Waals surface area contributed by atoms with Gasteiger partial charge in [0.1, 0.15) is 45.2 Å². The lowest BCUT2D eigenvalue weighted by molar-refractivity contribution is -0.137. The molecule has 2 atom stereocenters. The number of alkyl halides is 3. The van der Waals surface area contributed by atoms with E-state index in [1.807, 2.05) is 6.07 Å². The quantitative estimate of drug-likeness (QED) is 0.208. The summed E-state index contributed by atoms with van der Waals surface area (Å²) >= 11 is 0.614. The number of nitrogens with one attached hydrogen (secondary N) is 1. The van der Waals surface area contributed by atoms with Crippen molar-refractivity contribution in [3.8, 4) is 17.2 Å². The molecule has 0 aliphatic carbocycles. The molecular weight excluding hydrogens is 695 g/mol. The summed E-state index contributed by atoms with van der Waals surface area (Å²) in [5.41, 5.74) is -5.14. The second-order valence-corrected chi connectivity index (χ2v) is 15.6. The second kappa shape index (κ2) is 12.5. The average Bonchev–Trinajstić information content (AvgIpc) is 3.49. The molecular formula is C35H35F5N6O4S. The van der Waals surface area contributed by atoms with Crippen LogP contribution in [0.3, 0.4) is 0 Å². The molecule has 2 aromatic heterocycles. The van der Waals surface area contributed by atoms with E-state index in [2.05, 4.69) is 15.3 Å². The van der Waals surface area contributed by atoms with Crippen LogP contribution in [0.4, 0.5) is 42.4 Å². The molecule has 2 aromatic carbocycles. The number of thiophene rings is 1. The van der Waals surface area contributed by atoms with Gasteiger partial charge in [0, 0.05) is 29.4 Å². The lowest BCUT2D eigenvalue weighted by Gasteiger charge is -2.42. The van der Waals surface area contributed by atoms with Crippen molar-refractivity contribution in [1.29, 1.82) is 5.26 Å². The molecule has 2 aliphatic heterocycles. The van der Waals surface area contributed by atoms with Crippen molar-refractivity contribution in [1.82, 2.24) is 14.9 Å². The molecule has 4 heterocycles. The van der Waals surface area contributed by atoms with E-state index >= 15 is 22.0 Å². The van der Waals surface area contributed by atoms with Crippen molar-refractivity contribution in [2.75, 3.05) is 23.3 Å². The van der Waals surface area contributed by atoms with Gasteiger partial charge in [-0.3, -0.25) is 10.2 Å². The minimum atomic E-state index is -5.12. The summed E-state index contributed by atoms with van der Waals surface area (Å²) in [5, 5.41) is 11.8. The molecule has 270 valence electrons. The Kier molecular flexibility index (Phi) is 8.81. The SMILES string of the molecule is Cc1nc(N2CC3CCC(C2)N3C(=O)OC(C)(C)C)c2cc(C(F)(F)F)c(-c3ccc(F)c4sc(NC(=O)OC(C)(C)C)c(C#N)c34)c(F)c2n1. The van der Waals surface area contributed by atoms with Gasteiger partial charge in [0.25, 0.3) is 0 Å². The number of benzene rings is 2. The summed E-state index contributed by atoms with van der Waals surface area (Å²) in [4.78, 5) is 37.7. The number of rotatable bonds is 3. The fraction of sp³-hybridized carbons (Fsp3) is 0.457. The van der Waals surface area contributed by atoms with E-state index in [0.717, 1.165) is 18.2 Å². The van der Waals surface area contributed by atoms with Crippen LogP contribution in [0.2, 0.25) is 0 Å². The Morgan fingerprint density at radius 2 is 1.63 bits per heavy atom. The predicted molar refractivity (Wildman–Crippen MR) is 182 cm³/mol. The molecule has 2 unspecified atom stereocenters. The van der Waals surface area contributed by atoms with Gasteiger partial charge < -0.3 is 14.4 Å². The smallest absolute Gasteiger partial charge is 0.417 e. The fourth-order valence-electron chi connectivity index (χ4n) is 6.71. The summed E-state index contributed by atoms with van der Waals surface area (Å²) in [6.45, 7) is 12.0. The van der Waals surface area contributed by atoms with Crippen LogP contribution in [0.25, 0.3) is 32.1 Å². The highest BCUT2D eigenvalue weighted by atomic mass is 32.1. The first-order chi connectivity index (χ1) is 23.7. The molecule has 2 bridgehead atoms. The number of anilines is 2. The maximum atomic E-state index is 16.9. The Morgan fingerprint density at radius 1 is 1.00 bits per heavy atom. The molecule has 2 fully saturated rings. The van der Waals surface area contributed by atoms with Gasteiger partial charge in [0.2, 0.25) is 0 Å². The monoisotopic (exact) mass is 730 g/mol. The number of ether oxygens (including phenoxy) is 2. The molecule has 4 aromatic rings. The van der Waals surface area contributed by atoms with Crippen LogP contribution in [0.5, 0.6) is 0 Å². The van der Waals surface area contributed by atoms with Crippen molar-refractivity contribution in [2.24, 2.45) is 0 Å². The number of amides is 2. The zero-order chi connectivity index (χ0) is 37.4. The van der Waals surface area contributed by atoms with Crippen LogP contribution in [0, 0.1) is 29.9 Å². The summed E-state index contributed by atoms with van der Waals surface area (Å²) in [5.74, 6) is -2.06. The van der Waals surface area contributed by atoms with E-state index in [0.29, 0.717) is 24.2 Å². The number of fused-ring (bicyclic) bond motifs is 4. The topological polar surface area (TPSA) is 121 Å². The summed E-state index contributed by atoms with van der Waals surface area (Å²) in [7, 11) is 0. The van der Waals surface area contributed by atoms with E-state index in [1.165, 1.54) is 6.92 Å². The Balaban J connectivity index is 1.51. The van der Waals surface area contributed by atoms with Gasteiger partial charge in [0.05, 0.1) is 27.9 Å². The largest absolute Gasteiger partial charge is 0.444 e. The Hall–Kier alpha value is -4.78. The molecule has 1 N–H and O–H groups in total. The summed E-state index contributed by atoms with van der Waals surface area (Å²) < 4.78 is 87.7. The predicted octanol–water partition coefficient (Wildman–Crippen LogP) is 8.92. The molecule has 2 amide bonds. The number of hydrogen-bond donors (Lipinski definition) is 1. The van der Waals surface area contributed by atoms with Crippen molar-refractivity contribution in [2.45, 2.75) is 90.8 Å². The van der Waals surface area contributed by atoms with Gasteiger partial charge in [-0.15, -0.1) is 11.3 Å². The summed E-state index contributed by atoms with van der Waals surface area (Å²) in [6.07, 6.45) is -5.29. The number of nitriles is 1. The standard InChI is InChI=1S/C35H35F5N6O4S/c1-16-42-27-20(29(43-16)45-14-17-8-9-18(15-45)46(17)32(48)50-34(5,6)7)12-22(35(38,39)40)25(26(27)37)19-10-11-23(36)28-24(19)21(13-41)30(51-28)44-31(47)49-33(2,3)4/h10-12,17-18H,8-9,14-15H2,1-7H3,(H,44,47). The van der Waals surface area contributed by atoms with Crippen LogP contribution in [-0.4, -0.2) is 63.4 Å². The molecule has 51 heavy (non-hydrogen) atoms. The van der Waals surface area contributed by atoms with Gasteiger partial charge in [-0.1, -0.05) is 6.07 Å². The molecule has 0 saturated carbocycles. The normalized spacial score (nSPS) is 17.9. The number of halogens is 5. The molecule has 16 heteroatoms. The number of hydrogen-bond acceptors (Lipinski definition) is 9. The number of piperazine rings is 1. The first-order valence-corrected chi connectivity index (χ1v) is 17.0. The van der Waals surface area contributed by atoms with E-state index in [1.54, 1.807) is 51.3 Å². The Labute approximate surface area is 294 Å². The number of aryl methyl sites for hydroxylation is 1. The number of carbonyl (C=O) groups excluding carboxylic acids is 2. The molecule has 10 nitrogen and oxygen atoms in total. The third kappa shape index (κ3) is 6.83. The number of aromatic nitrogens is 2. The van der Waals surface area contributed by atoms with E-state index < -0.39 is 63.4 Å². The van der Waals surface area contributed by atoms with Crippen molar-refractivity contribution in [3.63, 3.8) is 0 Å². The zero-order valence-electron chi connectivity index (χ0n) is 28.9. The van der Waals surface area contributed by atoms with E-state index in [-0.39, 0.29) is 62.9 Å². The molecule has 2 aliphatic rings. The van der Waals surface area contributed by atoms with Gasteiger partial charge in [0.15, 0.2) is 5.82 Å². The molecule has 6 rings (SSSR count). The van der Waals surface area contributed by atoms with Crippen molar-refractivity contribution >= 4 is 55.3 Å². The second-order valence-electron chi connectivity index (χ2n) is 14.6. The third-order valence-electron chi connectivity index (χ3n) is 8.50. The fourth-order valence-corrected chi connectivity index (χ4v) is 7.78. The zero-order valence-corrected chi connectivity index (χ0v) is 29.7. The highest BCUT2D eigenvalue weighted by Crippen LogP contribution is 2.48. The van der Waals surface area contributed by atoms with Crippen LogP contribution < -0.4 is 10.2 Å². The van der Waals surface area contributed by atoms with Gasteiger partial charge >= 0.3 is 18.4 Å². The van der Waals surface area contributed by atoms with Gasteiger partial charge in [-0.05, 0) is 79.0 Å². The van der Waals surface area contributed by atoms with Crippen LogP contribution in [-0.2, 0) is 15.7 Å². The highest BCUT2D eigenvalue weighted by molar-refractivity contribution is 7.23. The van der Waals surface area contributed by atoms with E-state index in [4.69, 9.17) is 9.47 Å². The molecule has 0 radical (unpaired) electrons. The maximum Gasteiger partial charge on any atom is 0.417 e. The van der Waals surface area contributed by atoms with Gasteiger partial charge in [-0.2, -0.15) is 18.4 Å². The highest BCUT2D eigenvalue weighted by Gasteiger charge is 2.45. The first kappa shape index (κ1) is 36.0. The van der Waals surface area contributed by atoms with Crippen LogP contribution in [0.1, 0.15) is 71.3 Å². The van der Waals surface area contributed by atoms with Gasteiger partial charge in [-0.25, -0.2) is 28.3 Å². The Morgan fingerprint density at radius 3 is 2.20 bits per heavy atom. The minimum absolute atomic E-state index is 0.0792. The van der Waals surface area contributed by atoms with Crippen molar-refractivity contribution in [3.05, 3.63) is 46.8 Å². The first-order valence-electron chi connectivity index (χ1n) is 16.2. The van der Waals surface area contributed by atoms with Crippen LogP contribution in [0.15, 0.2) is 18.2 Å². The van der Waals surface area contributed by atoms with Crippen LogP contribution >= 0.6 is 11.3 Å². The third-order valence-corrected chi connectivity index (χ3v) is 9.61. The molecule has 0 spiro atoms. The Bertz CT molecular complexity index is 2120. The lowest BCUT2D eigenvalue weighted by Crippen LogP contribution is -2.57.